The van der Waals surface area contributed by atoms with Crippen molar-refractivity contribution in [2.45, 2.75) is 0 Å². The summed E-state index contributed by atoms with van der Waals surface area (Å²) in [5.74, 6) is -0.569. The van der Waals surface area contributed by atoms with Gasteiger partial charge in [0.25, 0.3) is 0 Å². The van der Waals surface area contributed by atoms with Crippen molar-refractivity contribution in [2.75, 3.05) is 10.6 Å². The second kappa shape index (κ2) is 11.1. The van der Waals surface area contributed by atoms with Gasteiger partial charge in [0.2, 0.25) is 0 Å². The van der Waals surface area contributed by atoms with Crippen molar-refractivity contribution in [2.24, 2.45) is 0 Å². The van der Waals surface area contributed by atoms with E-state index < -0.39 is 0 Å². The Morgan fingerprint density at radius 1 is 0.529 bits per heavy atom. The molecule has 170 valence electrons. The number of benzene rings is 4. The van der Waals surface area contributed by atoms with E-state index in [-0.39, 0.29) is 49.6 Å². The number of phenolic OH excluding ortho intramolecular Hbond substituents is 2. The standard InChI is InChI=1S/C26H20N2O4Se2/c29-21-13-5-3-11-19(21)27-25(31)17-9-1-7-15-23(17)33-34-24-16-8-2-10-18(24)26(32)28-20-12-4-6-14-22(20)30/h1-16,29-30H,(H,27,31)(H,28,32). The minimum absolute atomic E-state index is 0.00690. The maximum atomic E-state index is 12.9. The van der Waals surface area contributed by atoms with Crippen molar-refractivity contribution in [3.8, 4) is 11.5 Å². The van der Waals surface area contributed by atoms with Gasteiger partial charge in [-0.05, 0) is 0 Å². The third-order valence-electron chi connectivity index (χ3n) is 4.79. The predicted octanol–water partition coefficient (Wildman–Crippen LogP) is 2.88. The average Bonchev–Trinajstić information content (AvgIpc) is 2.86. The Balaban J connectivity index is 1.51. The predicted molar refractivity (Wildman–Crippen MR) is 136 cm³/mol. The number of rotatable bonds is 7. The number of amides is 2. The summed E-state index contributed by atoms with van der Waals surface area (Å²) >= 11 is -0.157. The van der Waals surface area contributed by atoms with E-state index in [9.17, 15) is 19.8 Å². The van der Waals surface area contributed by atoms with E-state index in [1.165, 1.54) is 12.1 Å². The molecule has 2 amide bonds. The quantitative estimate of drug-likeness (QED) is 0.199. The van der Waals surface area contributed by atoms with Crippen LogP contribution in [-0.2, 0) is 0 Å². The molecule has 0 aliphatic heterocycles. The van der Waals surface area contributed by atoms with E-state index in [2.05, 4.69) is 10.6 Å². The van der Waals surface area contributed by atoms with Gasteiger partial charge in [-0.15, -0.1) is 0 Å². The molecule has 0 saturated heterocycles. The minimum atomic E-state index is -0.291. The van der Waals surface area contributed by atoms with Gasteiger partial charge in [-0.1, -0.05) is 0 Å². The number of hydrogen-bond donors (Lipinski definition) is 4. The summed E-state index contributed by atoms with van der Waals surface area (Å²) in [5.41, 5.74) is 1.80. The number of para-hydroxylation sites is 4. The van der Waals surface area contributed by atoms with Crippen LogP contribution in [0.15, 0.2) is 97.1 Å². The molecule has 0 unspecified atom stereocenters. The van der Waals surface area contributed by atoms with E-state index in [4.69, 9.17) is 0 Å². The Kier molecular flexibility index (Phi) is 7.68. The normalized spacial score (nSPS) is 10.5. The molecule has 0 radical (unpaired) electrons. The summed E-state index contributed by atoms with van der Waals surface area (Å²) < 4.78 is 1.83. The third kappa shape index (κ3) is 5.68. The molecule has 0 saturated carbocycles. The van der Waals surface area contributed by atoms with Gasteiger partial charge in [-0.2, -0.15) is 0 Å². The number of nitrogens with one attached hydrogen (secondary N) is 2. The second-order valence-electron chi connectivity index (χ2n) is 7.10. The van der Waals surface area contributed by atoms with Crippen molar-refractivity contribution < 1.29 is 19.8 Å². The molecule has 0 aliphatic carbocycles. The van der Waals surface area contributed by atoms with Gasteiger partial charge in [0.1, 0.15) is 0 Å². The zero-order valence-electron chi connectivity index (χ0n) is 17.8. The monoisotopic (exact) mass is 584 g/mol. The summed E-state index contributed by atoms with van der Waals surface area (Å²) in [6.07, 6.45) is 0. The summed E-state index contributed by atoms with van der Waals surface area (Å²) in [7, 11) is 0. The molecule has 4 N–H and O–H groups in total. The molecular formula is C26H20N2O4Se2. The van der Waals surface area contributed by atoms with Crippen LogP contribution < -0.4 is 19.6 Å². The van der Waals surface area contributed by atoms with E-state index >= 15 is 0 Å². The van der Waals surface area contributed by atoms with Gasteiger partial charge in [-0.3, -0.25) is 0 Å². The van der Waals surface area contributed by atoms with Crippen molar-refractivity contribution in [1.82, 2.24) is 0 Å². The van der Waals surface area contributed by atoms with Crippen molar-refractivity contribution in [3.63, 3.8) is 0 Å². The molecule has 4 rings (SSSR count). The van der Waals surface area contributed by atoms with Gasteiger partial charge >= 0.3 is 208 Å². The second-order valence-corrected chi connectivity index (χ2v) is 13.3. The Bertz CT molecular complexity index is 1240. The van der Waals surface area contributed by atoms with Gasteiger partial charge in [0.15, 0.2) is 0 Å². The Hall–Kier alpha value is -3.54. The number of carbonyl (C=O) groups is 2. The summed E-state index contributed by atoms with van der Waals surface area (Å²) in [6.45, 7) is 0. The first-order valence-electron chi connectivity index (χ1n) is 10.2. The summed E-state index contributed by atoms with van der Waals surface area (Å²) in [4.78, 5) is 25.8. The Labute approximate surface area is 207 Å². The molecule has 0 heterocycles. The van der Waals surface area contributed by atoms with Crippen LogP contribution >= 0.6 is 0 Å². The van der Waals surface area contributed by atoms with Gasteiger partial charge in [0.05, 0.1) is 0 Å². The number of hydrogen-bond acceptors (Lipinski definition) is 4. The first-order chi connectivity index (χ1) is 16.5. The molecular weight excluding hydrogens is 562 g/mol. The fourth-order valence-corrected chi connectivity index (χ4v) is 10.2. The molecule has 0 aromatic heterocycles. The van der Waals surface area contributed by atoms with Crippen molar-refractivity contribution in [3.05, 3.63) is 108 Å². The van der Waals surface area contributed by atoms with Crippen LogP contribution in [0.4, 0.5) is 11.4 Å². The van der Waals surface area contributed by atoms with Crippen LogP contribution in [0.3, 0.4) is 0 Å². The number of phenols is 2. The van der Waals surface area contributed by atoms with Crippen molar-refractivity contribution >= 4 is 58.4 Å². The molecule has 4 aromatic carbocycles. The molecule has 0 atom stereocenters. The third-order valence-corrected chi connectivity index (χ3v) is 12.0. The van der Waals surface area contributed by atoms with E-state index in [0.717, 1.165) is 8.92 Å². The fourth-order valence-electron chi connectivity index (χ4n) is 3.08. The zero-order chi connectivity index (χ0) is 23.9. The van der Waals surface area contributed by atoms with Gasteiger partial charge in [0, 0.05) is 0 Å². The summed E-state index contributed by atoms with van der Waals surface area (Å²) in [6, 6.07) is 28.0. The zero-order valence-corrected chi connectivity index (χ0v) is 21.2. The van der Waals surface area contributed by atoms with Crippen molar-refractivity contribution in [1.29, 1.82) is 0 Å². The number of carbonyl (C=O) groups excluding carboxylic acids is 2. The van der Waals surface area contributed by atoms with E-state index in [1.807, 2.05) is 24.3 Å². The average molecular weight is 582 g/mol. The van der Waals surface area contributed by atoms with Gasteiger partial charge < -0.3 is 0 Å². The Morgan fingerprint density at radius 2 is 0.882 bits per heavy atom. The maximum absolute atomic E-state index is 12.9. The molecule has 0 bridgehead atoms. The number of anilines is 2. The molecule has 34 heavy (non-hydrogen) atoms. The summed E-state index contributed by atoms with van der Waals surface area (Å²) in [5, 5.41) is 25.5. The first-order valence-corrected chi connectivity index (χ1v) is 16.3. The fraction of sp³-hybridized carbons (Fsp3) is 0. The van der Waals surface area contributed by atoms with Gasteiger partial charge in [-0.25, -0.2) is 0 Å². The van der Waals surface area contributed by atoms with Crippen LogP contribution in [0, 0.1) is 0 Å². The first kappa shape index (κ1) is 23.6. The SMILES string of the molecule is O=C(Nc1ccccc1O)c1ccccc1[Se][Se]c1ccccc1C(=O)Nc1ccccc1O. The molecule has 8 heteroatoms. The number of aromatic hydroxyl groups is 2. The van der Waals surface area contributed by atoms with Crippen LogP contribution in [0.25, 0.3) is 0 Å². The van der Waals surface area contributed by atoms with E-state index in [1.54, 1.807) is 60.7 Å². The topological polar surface area (TPSA) is 98.7 Å². The van der Waals surface area contributed by atoms with Crippen LogP contribution in [0.5, 0.6) is 11.5 Å². The molecule has 6 nitrogen and oxygen atoms in total. The Morgan fingerprint density at radius 3 is 1.29 bits per heavy atom. The van der Waals surface area contributed by atoms with Crippen LogP contribution in [0.2, 0.25) is 0 Å². The van der Waals surface area contributed by atoms with E-state index in [0.29, 0.717) is 22.5 Å². The molecule has 0 spiro atoms. The molecule has 4 aromatic rings. The molecule has 0 aliphatic rings. The van der Waals surface area contributed by atoms with Crippen LogP contribution in [0.1, 0.15) is 20.7 Å². The molecule has 0 fully saturated rings. The van der Waals surface area contributed by atoms with Crippen LogP contribution in [-0.4, -0.2) is 48.3 Å².